The molecule has 110 valence electrons. The molecule has 2 aromatic carbocycles. The van der Waals surface area contributed by atoms with Crippen LogP contribution in [0.3, 0.4) is 0 Å². The summed E-state index contributed by atoms with van der Waals surface area (Å²) < 4.78 is 31.8. The molecule has 2 aromatic rings. The van der Waals surface area contributed by atoms with Crippen LogP contribution in [0.15, 0.2) is 36.4 Å². The molecule has 1 atom stereocenters. The van der Waals surface area contributed by atoms with Crippen LogP contribution >= 0.6 is 0 Å². The second-order valence-electron chi connectivity index (χ2n) is 5.30. The van der Waals surface area contributed by atoms with Gasteiger partial charge < -0.3 is 10.1 Å². The maximum Gasteiger partial charge on any atom is 0.126 e. The summed E-state index contributed by atoms with van der Waals surface area (Å²) in [5, 5.41) is 3.41. The van der Waals surface area contributed by atoms with Crippen LogP contribution in [0.2, 0.25) is 0 Å². The van der Waals surface area contributed by atoms with Crippen molar-refractivity contribution in [2.45, 2.75) is 18.9 Å². The minimum Gasteiger partial charge on any atom is -0.497 e. The lowest BCUT2D eigenvalue weighted by Gasteiger charge is -2.27. The topological polar surface area (TPSA) is 21.3 Å². The average Bonchev–Trinajstić information content (AvgIpc) is 2.46. The minimum absolute atomic E-state index is 0.0702. The summed E-state index contributed by atoms with van der Waals surface area (Å²) >= 11 is 0. The lowest BCUT2D eigenvalue weighted by Crippen LogP contribution is -2.31. The Kier molecular flexibility index (Phi) is 3.88. The van der Waals surface area contributed by atoms with Crippen molar-refractivity contribution in [3.05, 3.63) is 64.7 Å². The van der Waals surface area contributed by atoms with Crippen LogP contribution in [0.5, 0.6) is 5.75 Å². The van der Waals surface area contributed by atoms with E-state index in [0.717, 1.165) is 24.8 Å². The maximum atomic E-state index is 13.3. The third-order valence-electron chi connectivity index (χ3n) is 3.87. The van der Waals surface area contributed by atoms with E-state index in [1.54, 1.807) is 7.11 Å². The van der Waals surface area contributed by atoms with Crippen LogP contribution in [0.4, 0.5) is 8.78 Å². The van der Waals surface area contributed by atoms with Crippen molar-refractivity contribution in [2.24, 2.45) is 0 Å². The molecule has 0 bridgehead atoms. The number of benzene rings is 2. The van der Waals surface area contributed by atoms with Crippen molar-refractivity contribution in [3.63, 3.8) is 0 Å². The molecule has 0 radical (unpaired) electrons. The van der Waals surface area contributed by atoms with Crippen molar-refractivity contribution in [3.8, 4) is 5.75 Å². The first-order valence-electron chi connectivity index (χ1n) is 7.01. The van der Waals surface area contributed by atoms with Gasteiger partial charge in [0.05, 0.1) is 7.11 Å². The summed E-state index contributed by atoms with van der Waals surface area (Å²) in [6.07, 6.45) is 1.49. The number of nitrogens with one attached hydrogen (secondary N) is 1. The molecule has 0 aliphatic carbocycles. The van der Waals surface area contributed by atoms with Gasteiger partial charge in [-0.05, 0) is 60.3 Å². The zero-order valence-corrected chi connectivity index (χ0v) is 11.8. The molecule has 3 rings (SSSR count). The Bertz CT molecular complexity index is 637. The number of ether oxygens (including phenoxy) is 1. The number of hydrogen-bond acceptors (Lipinski definition) is 2. The van der Waals surface area contributed by atoms with Crippen LogP contribution in [0, 0.1) is 11.6 Å². The number of methoxy groups -OCH3 is 1. The Balaban J connectivity index is 1.88. The van der Waals surface area contributed by atoms with Gasteiger partial charge in [-0.2, -0.15) is 0 Å². The lowest BCUT2D eigenvalue weighted by molar-refractivity contribution is 0.412. The molecule has 0 spiro atoms. The second-order valence-corrected chi connectivity index (χ2v) is 5.30. The normalized spacial score (nSPS) is 17.4. The smallest absolute Gasteiger partial charge is 0.126 e. The van der Waals surface area contributed by atoms with E-state index in [1.165, 1.54) is 23.3 Å². The van der Waals surface area contributed by atoms with E-state index in [-0.39, 0.29) is 6.04 Å². The van der Waals surface area contributed by atoms with Crippen LogP contribution in [0.25, 0.3) is 0 Å². The van der Waals surface area contributed by atoms with E-state index in [0.29, 0.717) is 12.0 Å². The fourth-order valence-electron chi connectivity index (χ4n) is 2.90. The standard InChI is InChI=1S/C17H17F2NO/c1-21-15-2-3-16-12(9-15)4-5-20-17(16)8-11-6-13(18)10-14(19)7-11/h2-3,6-7,9-10,17,20H,4-5,8H2,1H3. The summed E-state index contributed by atoms with van der Waals surface area (Å²) in [7, 11) is 1.65. The Morgan fingerprint density at radius 1 is 1.14 bits per heavy atom. The molecule has 1 N–H and O–H groups in total. The molecule has 1 aliphatic heterocycles. The lowest BCUT2D eigenvalue weighted by atomic mass is 9.90. The van der Waals surface area contributed by atoms with Gasteiger partial charge in [-0.1, -0.05) is 6.07 Å². The summed E-state index contributed by atoms with van der Waals surface area (Å²) in [5.41, 5.74) is 3.07. The highest BCUT2D eigenvalue weighted by molar-refractivity contribution is 5.40. The Hall–Kier alpha value is -1.94. The van der Waals surface area contributed by atoms with Crippen molar-refractivity contribution >= 4 is 0 Å². The van der Waals surface area contributed by atoms with E-state index in [2.05, 4.69) is 5.32 Å². The SMILES string of the molecule is COc1ccc2c(c1)CCNC2Cc1cc(F)cc(F)c1. The molecule has 0 saturated heterocycles. The Morgan fingerprint density at radius 3 is 2.62 bits per heavy atom. The van der Waals surface area contributed by atoms with Crippen LogP contribution in [-0.4, -0.2) is 13.7 Å². The first kappa shape index (κ1) is 14.0. The zero-order valence-electron chi connectivity index (χ0n) is 11.8. The van der Waals surface area contributed by atoms with Gasteiger partial charge >= 0.3 is 0 Å². The average molecular weight is 289 g/mol. The summed E-state index contributed by atoms with van der Waals surface area (Å²) in [6, 6.07) is 9.74. The maximum absolute atomic E-state index is 13.3. The fourth-order valence-corrected chi connectivity index (χ4v) is 2.90. The highest BCUT2D eigenvalue weighted by Crippen LogP contribution is 2.29. The highest BCUT2D eigenvalue weighted by Gasteiger charge is 2.20. The number of rotatable bonds is 3. The Labute approximate surface area is 122 Å². The van der Waals surface area contributed by atoms with Crippen molar-refractivity contribution < 1.29 is 13.5 Å². The van der Waals surface area contributed by atoms with Gasteiger partial charge in [-0.25, -0.2) is 8.78 Å². The van der Waals surface area contributed by atoms with Gasteiger partial charge in [0.1, 0.15) is 17.4 Å². The highest BCUT2D eigenvalue weighted by atomic mass is 19.1. The van der Waals surface area contributed by atoms with Gasteiger partial charge in [-0.15, -0.1) is 0 Å². The molecule has 0 saturated carbocycles. The van der Waals surface area contributed by atoms with Gasteiger partial charge in [-0.3, -0.25) is 0 Å². The number of hydrogen-bond donors (Lipinski definition) is 1. The fraction of sp³-hybridized carbons (Fsp3) is 0.294. The van der Waals surface area contributed by atoms with Crippen molar-refractivity contribution in [2.75, 3.05) is 13.7 Å². The van der Waals surface area contributed by atoms with E-state index >= 15 is 0 Å². The molecule has 0 amide bonds. The molecule has 0 aromatic heterocycles. The summed E-state index contributed by atoms with van der Waals surface area (Å²) in [6.45, 7) is 0.850. The third-order valence-corrected chi connectivity index (χ3v) is 3.87. The van der Waals surface area contributed by atoms with E-state index < -0.39 is 11.6 Å². The van der Waals surface area contributed by atoms with Crippen LogP contribution in [0.1, 0.15) is 22.7 Å². The first-order chi connectivity index (χ1) is 10.2. The number of fused-ring (bicyclic) bond motifs is 1. The first-order valence-corrected chi connectivity index (χ1v) is 7.01. The van der Waals surface area contributed by atoms with Gasteiger partial charge in [0.15, 0.2) is 0 Å². The molecule has 1 unspecified atom stereocenters. The van der Waals surface area contributed by atoms with Crippen LogP contribution < -0.4 is 10.1 Å². The van der Waals surface area contributed by atoms with E-state index in [9.17, 15) is 8.78 Å². The number of halogens is 2. The molecule has 1 aliphatic rings. The van der Waals surface area contributed by atoms with Gasteiger partial charge in [0.2, 0.25) is 0 Å². The van der Waals surface area contributed by atoms with Gasteiger partial charge in [0.25, 0.3) is 0 Å². The molecule has 4 heteroatoms. The van der Waals surface area contributed by atoms with E-state index in [4.69, 9.17) is 4.74 Å². The van der Waals surface area contributed by atoms with Crippen molar-refractivity contribution in [1.82, 2.24) is 5.32 Å². The molecule has 0 fully saturated rings. The molecule has 2 nitrogen and oxygen atoms in total. The summed E-state index contributed by atoms with van der Waals surface area (Å²) in [5.74, 6) is -0.224. The molecule has 21 heavy (non-hydrogen) atoms. The quantitative estimate of drug-likeness (QED) is 0.935. The van der Waals surface area contributed by atoms with Crippen LogP contribution in [-0.2, 0) is 12.8 Å². The molecular formula is C17H17F2NO. The second kappa shape index (κ2) is 5.82. The largest absolute Gasteiger partial charge is 0.497 e. The van der Waals surface area contributed by atoms with E-state index in [1.807, 2.05) is 18.2 Å². The summed E-state index contributed by atoms with van der Waals surface area (Å²) in [4.78, 5) is 0. The minimum atomic E-state index is -0.532. The predicted molar refractivity (Wildman–Crippen MR) is 77.5 cm³/mol. The molecular weight excluding hydrogens is 272 g/mol. The Morgan fingerprint density at radius 2 is 1.90 bits per heavy atom. The monoisotopic (exact) mass is 289 g/mol. The van der Waals surface area contributed by atoms with Gasteiger partial charge in [0, 0.05) is 12.1 Å². The predicted octanol–water partition coefficient (Wildman–Crippen LogP) is 3.40. The zero-order chi connectivity index (χ0) is 14.8. The molecule has 1 heterocycles. The van der Waals surface area contributed by atoms with Crippen molar-refractivity contribution in [1.29, 1.82) is 0 Å². The third kappa shape index (κ3) is 3.05.